The molecule has 0 aliphatic rings. The lowest BCUT2D eigenvalue weighted by Gasteiger charge is -2.07. The van der Waals surface area contributed by atoms with Crippen molar-refractivity contribution < 1.29 is 4.11 Å². The van der Waals surface area contributed by atoms with Crippen LogP contribution in [0.25, 0.3) is 5.69 Å². The second kappa shape index (κ2) is 3.18. The Hall–Kier alpha value is -1.77. The van der Waals surface area contributed by atoms with Crippen molar-refractivity contribution in [2.45, 2.75) is 6.85 Å². The van der Waals surface area contributed by atoms with Gasteiger partial charge in [0, 0.05) is 22.9 Å². The second-order valence-electron chi connectivity index (χ2n) is 3.04. The number of hydrogen-bond donors (Lipinski definition) is 0. The van der Waals surface area contributed by atoms with E-state index in [1.54, 1.807) is 31.3 Å². The zero-order chi connectivity index (χ0) is 12.6. The van der Waals surface area contributed by atoms with Crippen LogP contribution in [0.4, 0.5) is 0 Å². The average molecular weight is 191 g/mol. The standard InChI is InChI=1S/C11H12N2O/c1-9-8-11(14)13(12(9)2)10-6-4-3-5-7-10/h3-8H,1-2H3/i1D3. The minimum absolute atomic E-state index is 0.0337. The monoisotopic (exact) mass is 191 g/mol. The lowest BCUT2D eigenvalue weighted by molar-refractivity contribution is 0.630. The summed E-state index contributed by atoms with van der Waals surface area (Å²) in [6.45, 7) is -2.28. The lowest BCUT2D eigenvalue weighted by Crippen LogP contribution is -2.18. The molecule has 0 bridgehead atoms. The number of aryl methyl sites for hydroxylation is 1. The quantitative estimate of drug-likeness (QED) is 0.670. The molecule has 0 spiro atoms. The third kappa shape index (κ3) is 1.27. The van der Waals surface area contributed by atoms with Gasteiger partial charge in [-0.3, -0.25) is 9.48 Å². The topological polar surface area (TPSA) is 26.9 Å². The molecule has 14 heavy (non-hydrogen) atoms. The molecule has 0 N–H and O–H groups in total. The molecule has 72 valence electrons. The fourth-order valence-electron chi connectivity index (χ4n) is 1.40. The molecule has 3 heteroatoms. The first-order valence-electron chi connectivity index (χ1n) is 5.76. The summed E-state index contributed by atoms with van der Waals surface area (Å²) in [4.78, 5) is 11.8. The Kier molecular flexibility index (Phi) is 1.33. The third-order valence-corrected chi connectivity index (χ3v) is 2.12. The van der Waals surface area contributed by atoms with E-state index in [-0.39, 0.29) is 11.3 Å². The highest BCUT2D eigenvalue weighted by atomic mass is 16.1. The van der Waals surface area contributed by atoms with Crippen molar-refractivity contribution in [3.8, 4) is 5.69 Å². The van der Waals surface area contributed by atoms with Gasteiger partial charge in [0.15, 0.2) is 0 Å². The molecule has 1 aromatic carbocycles. The Bertz CT molecular complexity index is 581. The summed E-state index contributed by atoms with van der Waals surface area (Å²) in [6.07, 6.45) is 0. The van der Waals surface area contributed by atoms with Crippen LogP contribution in [0.1, 0.15) is 9.81 Å². The molecular weight excluding hydrogens is 176 g/mol. The normalized spacial score (nSPS) is 14.5. The van der Waals surface area contributed by atoms with Crippen molar-refractivity contribution >= 4 is 0 Å². The molecule has 0 aliphatic carbocycles. The molecule has 0 unspecified atom stereocenters. The Morgan fingerprint density at radius 3 is 2.57 bits per heavy atom. The van der Waals surface area contributed by atoms with E-state index in [2.05, 4.69) is 0 Å². The zero-order valence-electron chi connectivity index (χ0n) is 10.8. The maximum absolute atomic E-state index is 11.8. The zero-order valence-corrected chi connectivity index (χ0v) is 7.77. The van der Waals surface area contributed by atoms with Gasteiger partial charge in [-0.05, 0) is 19.0 Å². The third-order valence-electron chi connectivity index (χ3n) is 2.12. The summed E-state index contributed by atoms with van der Waals surface area (Å²) in [5, 5.41) is 0. The fourth-order valence-corrected chi connectivity index (χ4v) is 1.40. The molecule has 1 aromatic heterocycles. The molecule has 0 amide bonds. The number of aromatic nitrogens is 2. The summed E-state index contributed by atoms with van der Waals surface area (Å²) in [7, 11) is 1.57. The van der Waals surface area contributed by atoms with Gasteiger partial charge in [0.05, 0.1) is 5.69 Å². The molecule has 1 heterocycles. The molecule has 0 saturated heterocycles. The molecule has 0 aliphatic heterocycles. The predicted molar refractivity (Wildman–Crippen MR) is 55.7 cm³/mol. The fraction of sp³-hybridized carbons (Fsp3) is 0.182. The van der Waals surface area contributed by atoms with Gasteiger partial charge in [0.25, 0.3) is 5.56 Å². The summed E-state index contributed by atoms with van der Waals surface area (Å²) in [6, 6.07) is 10.1. The Labute approximate surface area is 86.4 Å². The maximum atomic E-state index is 11.8. The SMILES string of the molecule is [2H]C([2H])([2H])c1cc(=O)n(-c2ccccc2)n1C. The Morgan fingerprint density at radius 1 is 1.29 bits per heavy atom. The minimum Gasteiger partial charge on any atom is -0.285 e. The highest BCUT2D eigenvalue weighted by Crippen LogP contribution is 2.04. The molecule has 3 nitrogen and oxygen atoms in total. The number of hydrogen-bond acceptors (Lipinski definition) is 1. The summed E-state index contributed by atoms with van der Waals surface area (Å²) in [5.74, 6) is 0. The van der Waals surface area contributed by atoms with Crippen molar-refractivity contribution in [3.05, 3.63) is 52.4 Å². The van der Waals surface area contributed by atoms with E-state index in [0.29, 0.717) is 5.69 Å². The van der Waals surface area contributed by atoms with Gasteiger partial charge < -0.3 is 0 Å². The van der Waals surface area contributed by atoms with E-state index in [9.17, 15) is 4.79 Å². The van der Waals surface area contributed by atoms with Gasteiger partial charge in [0.2, 0.25) is 0 Å². The number of para-hydroxylation sites is 1. The summed E-state index contributed by atoms with van der Waals surface area (Å²) >= 11 is 0. The molecule has 0 saturated carbocycles. The second-order valence-corrected chi connectivity index (χ2v) is 3.04. The van der Waals surface area contributed by atoms with E-state index in [4.69, 9.17) is 4.11 Å². The molecule has 2 aromatic rings. The molecule has 0 fully saturated rings. The molecular formula is C11H12N2O. The van der Waals surface area contributed by atoms with Crippen molar-refractivity contribution in [1.29, 1.82) is 0 Å². The van der Waals surface area contributed by atoms with Gasteiger partial charge in [-0.15, -0.1) is 0 Å². The van der Waals surface area contributed by atoms with Crippen molar-refractivity contribution in [2.75, 3.05) is 0 Å². The first kappa shape index (κ1) is 5.86. The van der Waals surface area contributed by atoms with Crippen LogP contribution in [0, 0.1) is 6.85 Å². The van der Waals surface area contributed by atoms with E-state index < -0.39 is 6.85 Å². The maximum Gasteiger partial charge on any atom is 0.271 e. The molecule has 0 atom stereocenters. The van der Waals surface area contributed by atoms with E-state index in [1.807, 2.05) is 6.07 Å². The van der Waals surface area contributed by atoms with Gasteiger partial charge in [-0.2, -0.15) is 0 Å². The molecule has 0 radical (unpaired) electrons. The highest BCUT2D eigenvalue weighted by molar-refractivity contribution is 5.30. The number of rotatable bonds is 1. The van der Waals surface area contributed by atoms with E-state index in [1.165, 1.54) is 9.36 Å². The van der Waals surface area contributed by atoms with Gasteiger partial charge in [0.1, 0.15) is 0 Å². The predicted octanol–water partition coefficient (Wildman–Crippen LogP) is 1.48. The van der Waals surface area contributed by atoms with E-state index in [0.717, 1.165) is 6.07 Å². The Balaban J connectivity index is 2.66. The van der Waals surface area contributed by atoms with Crippen LogP contribution in [0.3, 0.4) is 0 Å². The number of benzene rings is 1. The first-order valence-corrected chi connectivity index (χ1v) is 4.26. The van der Waals surface area contributed by atoms with E-state index >= 15 is 0 Å². The van der Waals surface area contributed by atoms with Crippen molar-refractivity contribution in [3.63, 3.8) is 0 Å². The van der Waals surface area contributed by atoms with Crippen LogP contribution in [0.5, 0.6) is 0 Å². The lowest BCUT2D eigenvalue weighted by atomic mass is 10.3. The summed E-state index contributed by atoms with van der Waals surface area (Å²) < 4.78 is 24.7. The van der Waals surface area contributed by atoms with Gasteiger partial charge in [-0.1, -0.05) is 18.2 Å². The van der Waals surface area contributed by atoms with Gasteiger partial charge in [-0.25, -0.2) is 4.68 Å². The van der Waals surface area contributed by atoms with Crippen LogP contribution in [0.15, 0.2) is 41.2 Å². The smallest absolute Gasteiger partial charge is 0.271 e. The largest absolute Gasteiger partial charge is 0.285 e. The van der Waals surface area contributed by atoms with Gasteiger partial charge >= 0.3 is 0 Å². The van der Waals surface area contributed by atoms with Crippen LogP contribution >= 0.6 is 0 Å². The summed E-state index contributed by atoms with van der Waals surface area (Å²) in [5.41, 5.74) is 0.340. The number of nitrogens with zero attached hydrogens (tertiary/aromatic N) is 2. The van der Waals surface area contributed by atoms with Crippen LogP contribution < -0.4 is 5.56 Å². The minimum atomic E-state index is -2.28. The average Bonchev–Trinajstić information content (AvgIpc) is 2.55. The van der Waals surface area contributed by atoms with Crippen LogP contribution in [-0.4, -0.2) is 9.36 Å². The van der Waals surface area contributed by atoms with Crippen molar-refractivity contribution in [2.24, 2.45) is 7.05 Å². The van der Waals surface area contributed by atoms with Crippen molar-refractivity contribution in [1.82, 2.24) is 9.36 Å². The highest BCUT2D eigenvalue weighted by Gasteiger charge is 2.05. The van der Waals surface area contributed by atoms with Crippen LogP contribution in [-0.2, 0) is 7.05 Å². The first-order chi connectivity index (χ1) is 7.91. The molecule has 2 rings (SSSR count). The Morgan fingerprint density at radius 2 is 2.00 bits per heavy atom. The van der Waals surface area contributed by atoms with Crippen LogP contribution in [0.2, 0.25) is 0 Å².